The molecule has 93 valence electrons. The maximum atomic E-state index is 6.00. The first-order chi connectivity index (χ1) is 8.83. The molecule has 0 spiro atoms. The smallest absolute Gasteiger partial charge is 0.0737 e. The van der Waals surface area contributed by atoms with Crippen LogP contribution >= 0.6 is 11.6 Å². The van der Waals surface area contributed by atoms with E-state index in [2.05, 4.69) is 22.8 Å². The molecule has 0 unspecified atom stereocenters. The molecule has 3 rings (SSSR count). The molecule has 0 amide bonds. The highest BCUT2D eigenvalue weighted by atomic mass is 35.5. The Morgan fingerprint density at radius 3 is 2.83 bits per heavy atom. The SMILES string of the molecule is Clc1ccc2c(NC3CC[CH]CC3)ccnc2c1. The number of hydrogen-bond acceptors (Lipinski definition) is 2. The van der Waals surface area contributed by atoms with Crippen LogP contribution < -0.4 is 5.32 Å². The van der Waals surface area contributed by atoms with E-state index in [1.807, 2.05) is 24.4 Å². The first-order valence-corrected chi connectivity index (χ1v) is 6.83. The van der Waals surface area contributed by atoms with Crippen molar-refractivity contribution in [3.8, 4) is 0 Å². The molecular weight excluding hydrogens is 244 g/mol. The third-order valence-corrected chi connectivity index (χ3v) is 3.74. The Morgan fingerprint density at radius 2 is 2.00 bits per heavy atom. The highest BCUT2D eigenvalue weighted by molar-refractivity contribution is 6.31. The summed E-state index contributed by atoms with van der Waals surface area (Å²) in [5, 5.41) is 5.53. The minimum absolute atomic E-state index is 0.580. The Balaban J connectivity index is 1.91. The standard InChI is InChI=1S/C15H16ClN2/c16-11-6-7-13-14(8-9-17-15(13)10-11)18-12-4-2-1-3-5-12/h1,6-10,12H,2-5H2,(H,17,18). The molecule has 3 heteroatoms. The van der Waals surface area contributed by atoms with Crippen LogP contribution in [-0.2, 0) is 0 Å². The summed E-state index contributed by atoms with van der Waals surface area (Å²) in [6.45, 7) is 0. The molecule has 0 saturated heterocycles. The molecule has 1 aromatic carbocycles. The Kier molecular flexibility index (Phi) is 3.37. The number of hydrogen-bond donors (Lipinski definition) is 1. The fourth-order valence-electron chi connectivity index (χ4n) is 2.54. The van der Waals surface area contributed by atoms with Crippen LogP contribution in [0.1, 0.15) is 25.7 Å². The van der Waals surface area contributed by atoms with Crippen LogP contribution in [0.3, 0.4) is 0 Å². The molecule has 2 aromatic rings. The number of halogens is 1. The number of pyridine rings is 1. The molecule has 0 atom stereocenters. The van der Waals surface area contributed by atoms with Gasteiger partial charge in [0.1, 0.15) is 0 Å². The van der Waals surface area contributed by atoms with E-state index in [4.69, 9.17) is 11.6 Å². The Bertz CT molecular complexity index is 547. The lowest BCUT2D eigenvalue weighted by molar-refractivity contribution is 0.535. The average molecular weight is 260 g/mol. The van der Waals surface area contributed by atoms with Gasteiger partial charge in [-0.15, -0.1) is 0 Å². The highest BCUT2D eigenvalue weighted by Crippen LogP contribution is 2.27. The van der Waals surface area contributed by atoms with Crippen molar-refractivity contribution in [1.82, 2.24) is 4.98 Å². The number of benzene rings is 1. The summed E-state index contributed by atoms with van der Waals surface area (Å²) in [6, 6.07) is 8.51. The maximum Gasteiger partial charge on any atom is 0.0737 e. The predicted molar refractivity (Wildman–Crippen MR) is 76.9 cm³/mol. The first-order valence-electron chi connectivity index (χ1n) is 6.45. The summed E-state index contributed by atoms with van der Waals surface area (Å²) in [5.74, 6) is 0. The van der Waals surface area contributed by atoms with Gasteiger partial charge in [0.25, 0.3) is 0 Å². The fourth-order valence-corrected chi connectivity index (χ4v) is 2.70. The molecule has 1 radical (unpaired) electrons. The van der Waals surface area contributed by atoms with Gasteiger partial charge < -0.3 is 5.32 Å². The van der Waals surface area contributed by atoms with Crippen LogP contribution in [0, 0.1) is 6.42 Å². The van der Waals surface area contributed by atoms with Crippen molar-refractivity contribution in [1.29, 1.82) is 0 Å². The molecule has 2 nitrogen and oxygen atoms in total. The molecule has 0 aliphatic heterocycles. The Labute approximate surface area is 112 Å². The lowest BCUT2D eigenvalue weighted by Gasteiger charge is -2.24. The summed E-state index contributed by atoms with van der Waals surface area (Å²) >= 11 is 6.00. The highest BCUT2D eigenvalue weighted by Gasteiger charge is 2.14. The van der Waals surface area contributed by atoms with Crippen LogP contribution in [0.25, 0.3) is 10.9 Å². The predicted octanol–water partition coefficient (Wildman–Crippen LogP) is 4.45. The zero-order valence-corrected chi connectivity index (χ0v) is 11.0. The monoisotopic (exact) mass is 259 g/mol. The summed E-state index contributed by atoms with van der Waals surface area (Å²) < 4.78 is 0. The van der Waals surface area contributed by atoms with Crippen molar-refractivity contribution in [2.24, 2.45) is 0 Å². The van der Waals surface area contributed by atoms with E-state index >= 15 is 0 Å². The number of aromatic nitrogens is 1. The van der Waals surface area contributed by atoms with Crippen LogP contribution in [0.15, 0.2) is 30.5 Å². The zero-order chi connectivity index (χ0) is 12.4. The van der Waals surface area contributed by atoms with Crippen LogP contribution in [0.5, 0.6) is 0 Å². The van der Waals surface area contributed by atoms with Gasteiger partial charge in [-0.05, 0) is 56.4 Å². The van der Waals surface area contributed by atoms with Crippen LogP contribution in [0.4, 0.5) is 5.69 Å². The number of fused-ring (bicyclic) bond motifs is 1. The average Bonchev–Trinajstić information content (AvgIpc) is 2.40. The van der Waals surface area contributed by atoms with Crippen molar-refractivity contribution in [3.63, 3.8) is 0 Å². The molecule has 1 N–H and O–H groups in total. The lowest BCUT2D eigenvalue weighted by atomic mass is 9.95. The van der Waals surface area contributed by atoms with Crippen molar-refractivity contribution < 1.29 is 0 Å². The van der Waals surface area contributed by atoms with Crippen LogP contribution in [-0.4, -0.2) is 11.0 Å². The molecule has 1 fully saturated rings. The van der Waals surface area contributed by atoms with E-state index in [9.17, 15) is 0 Å². The largest absolute Gasteiger partial charge is 0.382 e. The molecule has 0 bridgehead atoms. The van der Waals surface area contributed by atoms with Gasteiger partial charge in [-0.25, -0.2) is 0 Å². The lowest BCUT2D eigenvalue weighted by Crippen LogP contribution is -2.22. The topological polar surface area (TPSA) is 24.9 Å². The van der Waals surface area contributed by atoms with Gasteiger partial charge in [0.05, 0.1) is 5.52 Å². The molecule has 1 aliphatic rings. The van der Waals surface area contributed by atoms with Gasteiger partial charge in [-0.1, -0.05) is 11.6 Å². The second-order valence-electron chi connectivity index (χ2n) is 4.80. The van der Waals surface area contributed by atoms with E-state index in [1.165, 1.54) is 31.4 Å². The maximum absolute atomic E-state index is 6.00. The summed E-state index contributed by atoms with van der Waals surface area (Å²) in [6.07, 6.45) is 9.09. The molecule has 1 saturated carbocycles. The normalized spacial score (nSPS) is 16.9. The van der Waals surface area contributed by atoms with Gasteiger partial charge in [0.2, 0.25) is 0 Å². The molecule has 1 aliphatic carbocycles. The summed E-state index contributed by atoms with van der Waals surface area (Å²) in [5.41, 5.74) is 2.12. The first kappa shape index (κ1) is 11.8. The van der Waals surface area contributed by atoms with Gasteiger partial charge >= 0.3 is 0 Å². The van der Waals surface area contributed by atoms with Gasteiger partial charge in [0.15, 0.2) is 0 Å². The molecule has 1 aromatic heterocycles. The van der Waals surface area contributed by atoms with E-state index in [0.717, 1.165) is 15.9 Å². The number of nitrogens with one attached hydrogen (secondary N) is 1. The second-order valence-corrected chi connectivity index (χ2v) is 5.24. The quantitative estimate of drug-likeness (QED) is 0.862. The molecular formula is C15H16ClN2. The van der Waals surface area contributed by atoms with Crippen LogP contribution in [0.2, 0.25) is 5.02 Å². The van der Waals surface area contributed by atoms with E-state index < -0.39 is 0 Å². The van der Waals surface area contributed by atoms with Crippen molar-refractivity contribution >= 4 is 28.2 Å². The number of rotatable bonds is 2. The van der Waals surface area contributed by atoms with Crippen molar-refractivity contribution in [2.75, 3.05) is 5.32 Å². The Hall–Kier alpha value is -1.28. The van der Waals surface area contributed by atoms with E-state index in [-0.39, 0.29) is 0 Å². The molecule has 18 heavy (non-hydrogen) atoms. The van der Waals surface area contributed by atoms with Gasteiger partial charge in [-0.2, -0.15) is 0 Å². The minimum atomic E-state index is 0.580. The summed E-state index contributed by atoms with van der Waals surface area (Å²) in [7, 11) is 0. The Morgan fingerprint density at radius 1 is 1.17 bits per heavy atom. The zero-order valence-electron chi connectivity index (χ0n) is 10.2. The van der Waals surface area contributed by atoms with Crippen molar-refractivity contribution in [2.45, 2.75) is 31.7 Å². The van der Waals surface area contributed by atoms with E-state index in [1.54, 1.807) is 0 Å². The number of anilines is 1. The van der Waals surface area contributed by atoms with Gasteiger partial charge in [-0.3, -0.25) is 4.98 Å². The molecule has 1 heterocycles. The fraction of sp³-hybridized carbons (Fsp3) is 0.333. The third kappa shape index (κ3) is 2.44. The number of nitrogens with zero attached hydrogens (tertiary/aromatic N) is 1. The minimum Gasteiger partial charge on any atom is -0.382 e. The third-order valence-electron chi connectivity index (χ3n) is 3.50. The van der Waals surface area contributed by atoms with Crippen molar-refractivity contribution in [3.05, 3.63) is 41.9 Å². The second kappa shape index (κ2) is 5.15. The van der Waals surface area contributed by atoms with E-state index in [0.29, 0.717) is 6.04 Å². The summed E-state index contributed by atoms with van der Waals surface area (Å²) in [4.78, 5) is 4.37. The van der Waals surface area contributed by atoms with Gasteiger partial charge in [0, 0.05) is 28.3 Å².